The maximum Gasteiger partial charge on any atom is 0.260 e. The summed E-state index contributed by atoms with van der Waals surface area (Å²) in [5.74, 6) is 0.450. The van der Waals surface area contributed by atoms with Gasteiger partial charge in [-0.3, -0.25) is 9.59 Å². The number of halogens is 2. The Balaban J connectivity index is 1.85. The number of ether oxygens (including phenoxy) is 1. The van der Waals surface area contributed by atoms with Crippen LogP contribution in [-0.4, -0.2) is 59.8 Å². The molecular formula is C17H22Cl2N2O3. The molecule has 2 amide bonds. The number of carbonyl (C=O) groups is 2. The molecule has 1 aliphatic rings. The van der Waals surface area contributed by atoms with E-state index in [2.05, 4.69) is 0 Å². The van der Waals surface area contributed by atoms with Crippen LogP contribution in [0.3, 0.4) is 0 Å². The molecule has 0 spiro atoms. The van der Waals surface area contributed by atoms with E-state index >= 15 is 0 Å². The molecule has 7 heteroatoms. The number of aryl methyl sites for hydroxylation is 2. The lowest BCUT2D eigenvalue weighted by atomic mass is 10.1. The highest BCUT2D eigenvalue weighted by Gasteiger charge is 2.26. The van der Waals surface area contributed by atoms with Gasteiger partial charge < -0.3 is 14.5 Å². The van der Waals surface area contributed by atoms with E-state index in [9.17, 15) is 9.59 Å². The molecule has 1 aromatic rings. The molecule has 1 unspecified atom stereocenters. The molecule has 5 nitrogen and oxygen atoms in total. The van der Waals surface area contributed by atoms with Crippen LogP contribution in [0.4, 0.5) is 0 Å². The van der Waals surface area contributed by atoms with Gasteiger partial charge in [0, 0.05) is 31.2 Å². The van der Waals surface area contributed by atoms with Crippen molar-refractivity contribution in [3.63, 3.8) is 0 Å². The van der Waals surface area contributed by atoms with Gasteiger partial charge in [0.2, 0.25) is 5.91 Å². The third kappa shape index (κ3) is 4.54. The fraction of sp³-hybridized carbons (Fsp3) is 0.529. The first-order valence-electron chi connectivity index (χ1n) is 7.89. The maximum atomic E-state index is 12.3. The summed E-state index contributed by atoms with van der Waals surface area (Å²) in [5, 5.41) is 0.176. The molecule has 0 aliphatic carbocycles. The molecule has 1 atom stereocenters. The minimum absolute atomic E-state index is 0.0274. The van der Waals surface area contributed by atoms with Gasteiger partial charge >= 0.3 is 0 Å². The van der Waals surface area contributed by atoms with E-state index in [0.29, 0.717) is 37.0 Å². The van der Waals surface area contributed by atoms with Gasteiger partial charge in [-0.05, 0) is 44.0 Å². The molecule has 0 bridgehead atoms. The van der Waals surface area contributed by atoms with Crippen molar-refractivity contribution in [2.45, 2.75) is 26.1 Å². The fourth-order valence-electron chi connectivity index (χ4n) is 2.65. The first-order chi connectivity index (χ1) is 11.3. The summed E-state index contributed by atoms with van der Waals surface area (Å²) >= 11 is 11.9. The second-order valence-electron chi connectivity index (χ2n) is 5.98. The van der Waals surface area contributed by atoms with Crippen molar-refractivity contribution in [1.29, 1.82) is 0 Å². The summed E-state index contributed by atoms with van der Waals surface area (Å²) in [6, 6.07) is 3.64. The number of hydrogen-bond acceptors (Lipinski definition) is 3. The van der Waals surface area contributed by atoms with Crippen LogP contribution in [0.5, 0.6) is 5.75 Å². The molecule has 2 rings (SSSR count). The van der Waals surface area contributed by atoms with E-state index in [-0.39, 0.29) is 18.4 Å². The molecule has 132 valence electrons. The minimum Gasteiger partial charge on any atom is -0.484 e. The van der Waals surface area contributed by atoms with Gasteiger partial charge in [0.25, 0.3) is 5.91 Å². The number of carbonyl (C=O) groups excluding carboxylic acids is 2. The number of piperazine rings is 1. The van der Waals surface area contributed by atoms with E-state index in [4.69, 9.17) is 27.9 Å². The molecule has 0 saturated carbocycles. The van der Waals surface area contributed by atoms with Crippen molar-refractivity contribution in [3.05, 3.63) is 28.3 Å². The second kappa shape index (κ2) is 8.08. The minimum atomic E-state index is -0.535. The predicted octanol–water partition coefficient (Wildman–Crippen LogP) is 2.63. The molecule has 1 aromatic carbocycles. The quantitative estimate of drug-likeness (QED) is 0.763. The van der Waals surface area contributed by atoms with Crippen LogP contribution < -0.4 is 4.74 Å². The third-order valence-corrected chi connectivity index (χ3v) is 4.84. The highest BCUT2D eigenvalue weighted by atomic mass is 35.5. The molecule has 1 fully saturated rings. The van der Waals surface area contributed by atoms with Gasteiger partial charge in [-0.25, -0.2) is 0 Å². The van der Waals surface area contributed by atoms with Gasteiger partial charge in [0.05, 0.1) is 0 Å². The van der Waals surface area contributed by atoms with E-state index in [1.165, 1.54) is 0 Å². The summed E-state index contributed by atoms with van der Waals surface area (Å²) in [5.41, 5.74) is 1.84. The Bertz CT molecular complexity index is 603. The standard InChI is InChI=1S/C17H22Cl2N2O3/c1-11-8-14(9-12(2)16(11)19)24-10-15(22)20-4-6-21(7-5-20)17(23)13(3)18/h8-9,13H,4-7,10H2,1-3H3. The highest BCUT2D eigenvalue weighted by Crippen LogP contribution is 2.25. The first kappa shape index (κ1) is 18.9. The van der Waals surface area contributed by atoms with Crippen molar-refractivity contribution < 1.29 is 14.3 Å². The Hall–Kier alpha value is -1.46. The SMILES string of the molecule is Cc1cc(OCC(=O)N2CCN(C(=O)C(C)Cl)CC2)cc(C)c1Cl. The molecule has 24 heavy (non-hydrogen) atoms. The molecule has 0 radical (unpaired) electrons. The smallest absolute Gasteiger partial charge is 0.260 e. The fourth-order valence-corrected chi connectivity index (χ4v) is 2.90. The summed E-state index contributed by atoms with van der Waals surface area (Å²) in [6.45, 7) is 7.43. The molecule has 1 saturated heterocycles. The second-order valence-corrected chi connectivity index (χ2v) is 7.01. The van der Waals surface area contributed by atoms with Crippen LogP contribution in [0.1, 0.15) is 18.1 Å². The predicted molar refractivity (Wildman–Crippen MR) is 94.9 cm³/mol. The zero-order chi connectivity index (χ0) is 17.9. The maximum absolute atomic E-state index is 12.3. The number of alkyl halides is 1. The molecule has 0 aromatic heterocycles. The molecule has 1 aliphatic heterocycles. The van der Waals surface area contributed by atoms with Gasteiger partial charge in [-0.15, -0.1) is 11.6 Å². The van der Waals surface area contributed by atoms with Crippen LogP contribution >= 0.6 is 23.2 Å². The van der Waals surface area contributed by atoms with Crippen LogP contribution in [-0.2, 0) is 9.59 Å². The topological polar surface area (TPSA) is 49.9 Å². The van der Waals surface area contributed by atoms with Crippen molar-refractivity contribution in [2.75, 3.05) is 32.8 Å². The van der Waals surface area contributed by atoms with Gasteiger partial charge in [-0.2, -0.15) is 0 Å². The third-order valence-electron chi connectivity index (χ3n) is 4.06. The van der Waals surface area contributed by atoms with E-state index < -0.39 is 5.38 Å². The van der Waals surface area contributed by atoms with Gasteiger partial charge in [0.1, 0.15) is 11.1 Å². The van der Waals surface area contributed by atoms with E-state index in [0.717, 1.165) is 11.1 Å². The van der Waals surface area contributed by atoms with Gasteiger partial charge in [-0.1, -0.05) is 11.6 Å². The van der Waals surface area contributed by atoms with E-state index in [1.54, 1.807) is 16.7 Å². The lowest BCUT2D eigenvalue weighted by molar-refractivity contribution is -0.140. The van der Waals surface area contributed by atoms with Crippen LogP contribution in [0.25, 0.3) is 0 Å². The van der Waals surface area contributed by atoms with Gasteiger partial charge in [0.15, 0.2) is 6.61 Å². The number of amides is 2. The monoisotopic (exact) mass is 372 g/mol. The van der Waals surface area contributed by atoms with Crippen molar-refractivity contribution >= 4 is 35.0 Å². The zero-order valence-corrected chi connectivity index (χ0v) is 15.7. The molecule has 1 heterocycles. The number of nitrogens with zero attached hydrogens (tertiary/aromatic N) is 2. The Morgan fingerprint density at radius 3 is 2.12 bits per heavy atom. The van der Waals surface area contributed by atoms with Crippen LogP contribution in [0.2, 0.25) is 5.02 Å². The highest BCUT2D eigenvalue weighted by molar-refractivity contribution is 6.32. The average Bonchev–Trinajstić information content (AvgIpc) is 2.56. The lowest BCUT2D eigenvalue weighted by Crippen LogP contribution is -2.52. The summed E-state index contributed by atoms with van der Waals surface area (Å²) in [4.78, 5) is 27.5. The zero-order valence-electron chi connectivity index (χ0n) is 14.1. The first-order valence-corrected chi connectivity index (χ1v) is 8.71. The Kier molecular flexibility index (Phi) is 6.35. The largest absolute Gasteiger partial charge is 0.484 e. The summed E-state index contributed by atoms with van der Waals surface area (Å²) in [6.07, 6.45) is 0. The Morgan fingerprint density at radius 1 is 1.12 bits per heavy atom. The van der Waals surface area contributed by atoms with Crippen LogP contribution in [0.15, 0.2) is 12.1 Å². The Morgan fingerprint density at radius 2 is 1.62 bits per heavy atom. The molecular weight excluding hydrogens is 351 g/mol. The summed E-state index contributed by atoms with van der Waals surface area (Å²) in [7, 11) is 0. The summed E-state index contributed by atoms with van der Waals surface area (Å²) < 4.78 is 5.60. The normalized spacial score (nSPS) is 16.0. The lowest BCUT2D eigenvalue weighted by Gasteiger charge is -2.35. The number of benzene rings is 1. The number of rotatable bonds is 4. The van der Waals surface area contributed by atoms with Crippen molar-refractivity contribution in [2.24, 2.45) is 0 Å². The Labute approximate surface area is 152 Å². The molecule has 0 N–H and O–H groups in total. The van der Waals surface area contributed by atoms with Crippen LogP contribution in [0, 0.1) is 13.8 Å². The van der Waals surface area contributed by atoms with Crippen molar-refractivity contribution in [1.82, 2.24) is 9.80 Å². The van der Waals surface area contributed by atoms with Crippen molar-refractivity contribution in [3.8, 4) is 5.75 Å². The average molecular weight is 373 g/mol. The number of hydrogen-bond donors (Lipinski definition) is 0. The van der Waals surface area contributed by atoms with E-state index in [1.807, 2.05) is 26.0 Å².